The highest BCUT2D eigenvalue weighted by atomic mass is 19.1. The summed E-state index contributed by atoms with van der Waals surface area (Å²) in [5, 5.41) is 11.2. The molecule has 0 bridgehead atoms. The molecule has 110 valence electrons. The molecule has 0 radical (unpaired) electrons. The second-order valence-corrected chi connectivity index (χ2v) is 4.46. The Morgan fingerprint density at radius 2 is 2.15 bits per heavy atom. The van der Waals surface area contributed by atoms with Gasteiger partial charge in [0, 0.05) is 13.0 Å². The van der Waals surface area contributed by atoms with Gasteiger partial charge in [-0.25, -0.2) is 4.39 Å². The van der Waals surface area contributed by atoms with Gasteiger partial charge in [-0.2, -0.15) is 0 Å². The van der Waals surface area contributed by atoms with Gasteiger partial charge in [0.25, 0.3) is 5.91 Å². The summed E-state index contributed by atoms with van der Waals surface area (Å²) >= 11 is 0. The average molecular weight is 283 g/mol. The molecular weight excluding hydrogens is 265 g/mol. The minimum atomic E-state index is -0.924. The number of carboxylic acid groups (broad SMARTS) is 1. The number of carbonyl (C=O) groups excluding carboxylic acids is 1. The second kappa shape index (κ2) is 7.47. The Labute approximate surface area is 116 Å². The number of hydrogen-bond donors (Lipinski definition) is 2. The van der Waals surface area contributed by atoms with Gasteiger partial charge < -0.3 is 15.2 Å². The van der Waals surface area contributed by atoms with Crippen LogP contribution in [0.15, 0.2) is 18.2 Å². The molecule has 2 N–H and O–H groups in total. The molecular formula is C14H18FNO4. The highest BCUT2D eigenvalue weighted by molar-refractivity contribution is 5.97. The molecule has 0 aliphatic rings. The van der Waals surface area contributed by atoms with E-state index in [2.05, 4.69) is 5.32 Å². The molecule has 0 aromatic heterocycles. The molecule has 0 heterocycles. The van der Waals surface area contributed by atoms with Crippen LogP contribution >= 0.6 is 0 Å². The van der Waals surface area contributed by atoms with Crippen molar-refractivity contribution in [2.24, 2.45) is 5.92 Å². The summed E-state index contributed by atoms with van der Waals surface area (Å²) in [4.78, 5) is 22.5. The molecule has 5 nitrogen and oxygen atoms in total. The summed E-state index contributed by atoms with van der Waals surface area (Å²) < 4.78 is 18.7. The Hall–Kier alpha value is -2.11. The predicted octanol–water partition coefficient (Wildman–Crippen LogP) is 2.06. The van der Waals surface area contributed by atoms with E-state index in [1.165, 1.54) is 18.2 Å². The number of rotatable bonds is 7. The van der Waals surface area contributed by atoms with Crippen molar-refractivity contribution in [3.8, 4) is 5.75 Å². The maximum atomic E-state index is 13.6. The predicted molar refractivity (Wildman–Crippen MR) is 71.3 cm³/mol. The Balaban J connectivity index is 2.72. The zero-order chi connectivity index (χ0) is 15.1. The van der Waals surface area contributed by atoms with Crippen LogP contribution in [0, 0.1) is 11.7 Å². The number of nitrogens with one attached hydrogen (secondary N) is 1. The van der Waals surface area contributed by atoms with Crippen molar-refractivity contribution in [3.05, 3.63) is 29.6 Å². The highest BCUT2D eigenvalue weighted by Crippen LogP contribution is 2.22. The molecule has 0 aliphatic heterocycles. The zero-order valence-corrected chi connectivity index (χ0v) is 11.5. The number of aliphatic carboxylic acids is 1. The summed E-state index contributed by atoms with van der Waals surface area (Å²) in [7, 11) is 0. The molecule has 0 saturated heterocycles. The van der Waals surface area contributed by atoms with E-state index in [9.17, 15) is 14.0 Å². The number of benzene rings is 1. The zero-order valence-electron chi connectivity index (χ0n) is 11.5. The maximum absolute atomic E-state index is 13.6. The standard InChI is InChI=1S/C14H18FNO4/c1-3-20-13-10(5-4-6-11(13)15)14(19)16-8-9(2)7-12(17)18/h4-6,9H,3,7-8H2,1-2H3,(H,16,19)(H,17,18). The molecule has 0 saturated carbocycles. The van der Waals surface area contributed by atoms with Gasteiger partial charge in [-0.05, 0) is 25.0 Å². The van der Waals surface area contributed by atoms with E-state index in [-0.39, 0.29) is 36.8 Å². The van der Waals surface area contributed by atoms with Gasteiger partial charge in [-0.1, -0.05) is 13.0 Å². The Morgan fingerprint density at radius 3 is 2.75 bits per heavy atom. The summed E-state index contributed by atoms with van der Waals surface area (Å²) in [5.41, 5.74) is 0.106. The van der Waals surface area contributed by atoms with Gasteiger partial charge >= 0.3 is 5.97 Å². The van der Waals surface area contributed by atoms with Crippen LogP contribution in [0.1, 0.15) is 30.6 Å². The number of hydrogen-bond acceptors (Lipinski definition) is 3. The Morgan fingerprint density at radius 1 is 1.45 bits per heavy atom. The summed E-state index contributed by atoms with van der Waals surface area (Å²) in [6.45, 7) is 3.86. The fourth-order valence-corrected chi connectivity index (χ4v) is 1.71. The van der Waals surface area contributed by atoms with Gasteiger partial charge in [0.05, 0.1) is 12.2 Å². The largest absolute Gasteiger partial charge is 0.490 e. The van der Waals surface area contributed by atoms with Crippen LogP contribution in [-0.4, -0.2) is 30.1 Å². The molecule has 0 spiro atoms. The Kier molecular flexibility index (Phi) is 5.96. The fourth-order valence-electron chi connectivity index (χ4n) is 1.71. The third kappa shape index (κ3) is 4.53. The number of para-hydroxylation sites is 1. The first-order chi connectivity index (χ1) is 9.45. The van der Waals surface area contributed by atoms with Gasteiger partial charge in [-0.15, -0.1) is 0 Å². The second-order valence-electron chi connectivity index (χ2n) is 4.46. The van der Waals surface area contributed by atoms with Gasteiger partial charge in [0.2, 0.25) is 0 Å². The van der Waals surface area contributed by atoms with E-state index in [0.717, 1.165) is 0 Å². The van der Waals surface area contributed by atoms with E-state index in [4.69, 9.17) is 9.84 Å². The van der Waals surface area contributed by atoms with Gasteiger partial charge in [-0.3, -0.25) is 9.59 Å². The van der Waals surface area contributed by atoms with Crippen molar-refractivity contribution in [2.75, 3.05) is 13.2 Å². The van der Waals surface area contributed by atoms with Crippen molar-refractivity contribution in [1.82, 2.24) is 5.32 Å². The van der Waals surface area contributed by atoms with Crippen LogP contribution in [0.3, 0.4) is 0 Å². The molecule has 1 unspecified atom stereocenters. The van der Waals surface area contributed by atoms with E-state index < -0.39 is 17.7 Å². The number of carbonyl (C=O) groups is 2. The fraction of sp³-hybridized carbons (Fsp3) is 0.429. The first-order valence-electron chi connectivity index (χ1n) is 6.37. The molecule has 0 fully saturated rings. The lowest BCUT2D eigenvalue weighted by Gasteiger charge is -2.13. The average Bonchev–Trinajstić information content (AvgIpc) is 2.37. The van der Waals surface area contributed by atoms with E-state index >= 15 is 0 Å². The van der Waals surface area contributed by atoms with E-state index in [1.807, 2.05) is 0 Å². The van der Waals surface area contributed by atoms with Crippen molar-refractivity contribution < 1.29 is 23.8 Å². The first-order valence-corrected chi connectivity index (χ1v) is 6.37. The number of halogens is 1. The van der Waals surface area contributed by atoms with Gasteiger partial charge in [0.15, 0.2) is 11.6 Å². The first kappa shape index (κ1) is 15.9. The lowest BCUT2D eigenvalue weighted by Crippen LogP contribution is -2.29. The summed E-state index contributed by atoms with van der Waals surface area (Å²) in [5.74, 6) is -2.30. The van der Waals surface area contributed by atoms with E-state index in [1.54, 1.807) is 13.8 Å². The van der Waals surface area contributed by atoms with Crippen LogP contribution in [0.5, 0.6) is 5.75 Å². The Bertz CT molecular complexity index is 490. The quantitative estimate of drug-likeness (QED) is 0.803. The highest BCUT2D eigenvalue weighted by Gasteiger charge is 2.17. The molecule has 1 amide bonds. The molecule has 0 aliphatic carbocycles. The number of ether oxygens (including phenoxy) is 1. The molecule has 1 aromatic carbocycles. The summed E-state index contributed by atoms with van der Waals surface area (Å²) in [6, 6.07) is 4.10. The lowest BCUT2D eigenvalue weighted by atomic mass is 10.1. The lowest BCUT2D eigenvalue weighted by molar-refractivity contribution is -0.137. The molecule has 1 rings (SSSR count). The normalized spacial score (nSPS) is 11.8. The van der Waals surface area contributed by atoms with Crippen molar-refractivity contribution in [2.45, 2.75) is 20.3 Å². The van der Waals surface area contributed by atoms with Crippen LogP contribution in [0.4, 0.5) is 4.39 Å². The monoisotopic (exact) mass is 283 g/mol. The van der Waals surface area contributed by atoms with Crippen molar-refractivity contribution in [1.29, 1.82) is 0 Å². The minimum absolute atomic E-state index is 0.0399. The van der Waals surface area contributed by atoms with Crippen LogP contribution in [0.25, 0.3) is 0 Å². The van der Waals surface area contributed by atoms with Crippen LogP contribution in [-0.2, 0) is 4.79 Å². The third-order valence-electron chi connectivity index (χ3n) is 2.63. The van der Waals surface area contributed by atoms with Gasteiger partial charge in [0.1, 0.15) is 0 Å². The molecule has 6 heteroatoms. The van der Waals surface area contributed by atoms with Crippen molar-refractivity contribution >= 4 is 11.9 Å². The molecule has 1 aromatic rings. The SMILES string of the molecule is CCOc1c(F)cccc1C(=O)NCC(C)CC(=O)O. The topological polar surface area (TPSA) is 75.6 Å². The number of carboxylic acids is 1. The smallest absolute Gasteiger partial charge is 0.303 e. The van der Waals surface area contributed by atoms with Crippen LogP contribution < -0.4 is 10.1 Å². The third-order valence-corrected chi connectivity index (χ3v) is 2.63. The van der Waals surface area contributed by atoms with E-state index in [0.29, 0.717) is 0 Å². The summed E-state index contributed by atoms with van der Waals surface area (Å²) in [6.07, 6.45) is -0.0399. The van der Waals surface area contributed by atoms with Crippen molar-refractivity contribution in [3.63, 3.8) is 0 Å². The maximum Gasteiger partial charge on any atom is 0.303 e. The molecule has 20 heavy (non-hydrogen) atoms. The minimum Gasteiger partial charge on any atom is -0.490 e. The molecule has 1 atom stereocenters. The van der Waals surface area contributed by atoms with Crippen LogP contribution in [0.2, 0.25) is 0 Å². The number of amides is 1.